The Hall–Kier alpha value is -3.07. The fourth-order valence-corrected chi connectivity index (χ4v) is 8.41. The van der Waals surface area contributed by atoms with Crippen molar-refractivity contribution in [1.82, 2.24) is 0 Å². The normalized spacial score (nSPS) is 33.2. The number of allylic oxidation sites excluding steroid dienone is 4. The van der Waals surface area contributed by atoms with Gasteiger partial charge < -0.3 is 0 Å². The Morgan fingerprint density at radius 2 is 1.54 bits per heavy atom. The van der Waals surface area contributed by atoms with E-state index in [1.54, 1.807) is 0 Å². The molecule has 2 aromatic rings. The maximum absolute atomic E-state index is 14.5. The number of fused-ring (bicyclic) bond motifs is 3. The summed E-state index contributed by atoms with van der Waals surface area (Å²) in [6.45, 7) is 18.3. The predicted octanol–water partition coefficient (Wildman–Crippen LogP) is 7.83. The van der Waals surface area contributed by atoms with E-state index < -0.39 is 16.2 Å². The molecule has 0 aliphatic heterocycles. The zero-order chi connectivity index (χ0) is 27.2. The maximum atomic E-state index is 14.5. The van der Waals surface area contributed by atoms with Crippen molar-refractivity contribution >= 4 is 17.3 Å². The molecular weight excluding hydrogens is 456 g/mol. The number of ketones is 3. The van der Waals surface area contributed by atoms with E-state index in [2.05, 4.69) is 52.0 Å². The number of hydrogen-bond donors (Lipinski definition) is 0. The second-order valence-electron chi connectivity index (χ2n) is 12.4. The monoisotopic (exact) mass is 494 g/mol. The largest absolute Gasteiger partial charge is 0.294 e. The maximum Gasteiger partial charge on any atom is 0.190 e. The Balaban J connectivity index is 1.81. The summed E-state index contributed by atoms with van der Waals surface area (Å²) in [6, 6.07) is 14.6. The third-order valence-electron chi connectivity index (χ3n) is 11.0. The van der Waals surface area contributed by atoms with Gasteiger partial charge in [-0.2, -0.15) is 0 Å². The highest BCUT2D eigenvalue weighted by Gasteiger charge is 2.67. The van der Waals surface area contributed by atoms with Gasteiger partial charge in [-0.1, -0.05) is 81.3 Å². The van der Waals surface area contributed by atoms with E-state index in [-0.39, 0.29) is 29.2 Å². The molecule has 5 rings (SSSR count). The van der Waals surface area contributed by atoms with Crippen molar-refractivity contribution in [3.63, 3.8) is 0 Å². The molecule has 0 saturated carbocycles. The van der Waals surface area contributed by atoms with Crippen molar-refractivity contribution in [2.45, 2.75) is 74.7 Å². The van der Waals surface area contributed by atoms with Crippen LogP contribution < -0.4 is 0 Å². The van der Waals surface area contributed by atoms with Crippen LogP contribution in [0.15, 0.2) is 64.8 Å². The molecule has 5 unspecified atom stereocenters. The molecular formula is C34H38O3. The van der Waals surface area contributed by atoms with Gasteiger partial charge >= 0.3 is 0 Å². The second-order valence-corrected chi connectivity index (χ2v) is 12.4. The molecule has 0 heterocycles. The first-order valence-corrected chi connectivity index (χ1v) is 13.4. The molecule has 0 spiro atoms. The summed E-state index contributed by atoms with van der Waals surface area (Å²) >= 11 is 0. The summed E-state index contributed by atoms with van der Waals surface area (Å²) < 4.78 is 0. The molecule has 0 radical (unpaired) electrons. The molecule has 0 N–H and O–H groups in total. The third kappa shape index (κ3) is 2.97. The zero-order valence-electron chi connectivity index (χ0n) is 23.6. The van der Waals surface area contributed by atoms with Gasteiger partial charge in [-0.05, 0) is 80.5 Å². The van der Waals surface area contributed by atoms with Crippen molar-refractivity contribution < 1.29 is 14.4 Å². The molecule has 0 fully saturated rings. The first-order valence-electron chi connectivity index (χ1n) is 13.4. The van der Waals surface area contributed by atoms with Crippen molar-refractivity contribution in [3.8, 4) is 11.1 Å². The lowest BCUT2D eigenvalue weighted by Gasteiger charge is -2.64. The van der Waals surface area contributed by atoms with E-state index in [0.717, 1.165) is 44.5 Å². The van der Waals surface area contributed by atoms with Crippen LogP contribution in [0.3, 0.4) is 0 Å². The van der Waals surface area contributed by atoms with E-state index in [0.29, 0.717) is 12.0 Å². The zero-order valence-corrected chi connectivity index (χ0v) is 23.6. The van der Waals surface area contributed by atoms with Crippen molar-refractivity contribution in [2.24, 2.45) is 22.2 Å². The third-order valence-corrected chi connectivity index (χ3v) is 11.0. The van der Waals surface area contributed by atoms with Crippen LogP contribution in [0.5, 0.6) is 0 Å². The van der Waals surface area contributed by atoms with E-state index >= 15 is 0 Å². The lowest BCUT2D eigenvalue weighted by molar-refractivity contribution is -0.139. The van der Waals surface area contributed by atoms with Gasteiger partial charge in [0.2, 0.25) is 0 Å². The molecule has 3 heteroatoms. The van der Waals surface area contributed by atoms with Gasteiger partial charge in [0.1, 0.15) is 0 Å². The van der Waals surface area contributed by atoms with E-state index in [4.69, 9.17) is 0 Å². The molecule has 3 aliphatic rings. The lowest BCUT2D eigenvalue weighted by atomic mass is 9.37. The minimum absolute atomic E-state index is 0.0314. The fourth-order valence-electron chi connectivity index (χ4n) is 8.41. The SMILES string of the molecule is CC(=O)C1=C(C)CC2(C)C(C)C3(C)C(=C(C)C2(C)C1=O)C(=O)c1c(C)cc(-c2ccccc2)cc1C3C. The summed E-state index contributed by atoms with van der Waals surface area (Å²) in [6.07, 6.45) is 0.669. The number of benzene rings is 2. The van der Waals surface area contributed by atoms with Gasteiger partial charge in [0.05, 0.1) is 11.0 Å². The summed E-state index contributed by atoms with van der Waals surface area (Å²) in [5.74, 6) is -0.139. The Labute approximate surface area is 221 Å². The molecule has 0 saturated heterocycles. The summed E-state index contributed by atoms with van der Waals surface area (Å²) in [5, 5.41) is 0. The summed E-state index contributed by atoms with van der Waals surface area (Å²) in [5.41, 5.74) is 6.17. The average molecular weight is 495 g/mol. The van der Waals surface area contributed by atoms with Crippen LogP contribution >= 0.6 is 0 Å². The Morgan fingerprint density at radius 1 is 0.919 bits per heavy atom. The summed E-state index contributed by atoms with van der Waals surface area (Å²) in [4.78, 5) is 41.2. The molecule has 5 atom stereocenters. The number of Topliss-reactive ketones (excluding diaryl/α,β-unsaturated/α-hetero) is 3. The average Bonchev–Trinajstić information content (AvgIpc) is 2.84. The number of rotatable bonds is 2. The molecule has 192 valence electrons. The van der Waals surface area contributed by atoms with E-state index in [9.17, 15) is 14.4 Å². The topological polar surface area (TPSA) is 51.2 Å². The molecule has 3 aliphatic carbocycles. The fraction of sp³-hybridized carbons (Fsp3) is 0.441. The van der Waals surface area contributed by atoms with Crippen molar-refractivity contribution in [3.05, 3.63) is 81.4 Å². The summed E-state index contributed by atoms with van der Waals surface area (Å²) in [7, 11) is 0. The van der Waals surface area contributed by atoms with Gasteiger partial charge in [-0.15, -0.1) is 0 Å². The van der Waals surface area contributed by atoms with Crippen LogP contribution in [0, 0.1) is 29.1 Å². The van der Waals surface area contributed by atoms with Crippen LogP contribution in [0.4, 0.5) is 0 Å². The number of hydrogen-bond acceptors (Lipinski definition) is 3. The highest BCUT2D eigenvalue weighted by Crippen LogP contribution is 2.71. The van der Waals surface area contributed by atoms with E-state index in [1.165, 1.54) is 6.92 Å². The Kier molecular flexibility index (Phi) is 5.50. The van der Waals surface area contributed by atoms with Gasteiger partial charge in [-0.3, -0.25) is 14.4 Å². The van der Waals surface area contributed by atoms with Crippen LogP contribution in [-0.4, -0.2) is 17.3 Å². The molecule has 0 amide bonds. The molecule has 0 aromatic heterocycles. The molecule has 2 aromatic carbocycles. The first-order chi connectivity index (χ1) is 17.2. The van der Waals surface area contributed by atoms with Gasteiger partial charge in [0.15, 0.2) is 17.3 Å². The van der Waals surface area contributed by atoms with Gasteiger partial charge in [0.25, 0.3) is 0 Å². The standard InChI is InChI=1S/C34H38O3/c1-18-15-25(24-13-11-10-12-14-24)16-26-20(3)33(8)23(6)32(7)17-19(2)27(22(5)35)31(37)34(32,9)21(4)29(33)30(36)28(18)26/h10-16,20,23H,17H2,1-9H3. The predicted molar refractivity (Wildman–Crippen MR) is 149 cm³/mol. The first kappa shape index (κ1) is 25.6. The highest BCUT2D eigenvalue weighted by molar-refractivity contribution is 6.24. The van der Waals surface area contributed by atoms with Crippen LogP contribution in [0.1, 0.15) is 89.2 Å². The van der Waals surface area contributed by atoms with Crippen molar-refractivity contribution in [2.75, 3.05) is 0 Å². The smallest absolute Gasteiger partial charge is 0.190 e. The number of carbonyl (C=O) groups is 3. The quantitative estimate of drug-likeness (QED) is 0.400. The number of aryl methyl sites for hydroxylation is 1. The number of carbonyl (C=O) groups excluding carboxylic acids is 3. The minimum atomic E-state index is -0.910. The van der Waals surface area contributed by atoms with Crippen molar-refractivity contribution in [1.29, 1.82) is 0 Å². The van der Waals surface area contributed by atoms with E-state index in [1.807, 2.05) is 45.9 Å². The Bertz CT molecular complexity index is 1460. The Morgan fingerprint density at radius 3 is 2.14 bits per heavy atom. The van der Waals surface area contributed by atoms with Crippen LogP contribution in [0.25, 0.3) is 11.1 Å². The molecule has 0 bridgehead atoms. The van der Waals surface area contributed by atoms with Crippen LogP contribution in [0.2, 0.25) is 0 Å². The van der Waals surface area contributed by atoms with Gasteiger partial charge in [0, 0.05) is 16.6 Å². The molecule has 37 heavy (non-hydrogen) atoms. The van der Waals surface area contributed by atoms with Gasteiger partial charge in [-0.25, -0.2) is 0 Å². The van der Waals surface area contributed by atoms with Crippen LogP contribution in [-0.2, 0) is 9.59 Å². The highest BCUT2D eigenvalue weighted by atomic mass is 16.2. The lowest BCUT2D eigenvalue weighted by Crippen LogP contribution is -2.62. The molecule has 3 nitrogen and oxygen atoms in total. The minimum Gasteiger partial charge on any atom is -0.294 e. The second kappa shape index (κ2) is 7.96.